The van der Waals surface area contributed by atoms with Gasteiger partial charge in [0.2, 0.25) is 0 Å². The van der Waals surface area contributed by atoms with Gasteiger partial charge < -0.3 is 19.9 Å². The molecule has 1 aliphatic rings. The molecule has 23 heavy (non-hydrogen) atoms. The van der Waals surface area contributed by atoms with Crippen molar-refractivity contribution in [3.05, 3.63) is 59.4 Å². The SMILES string of the molecule is O[C@H](CNCc1cccc2c1OCCCO2)c1ccc(F)cc1. The minimum absolute atomic E-state index is 0.307. The maximum absolute atomic E-state index is 12.9. The lowest BCUT2D eigenvalue weighted by molar-refractivity contribution is 0.174. The van der Waals surface area contributed by atoms with Crippen LogP contribution in [-0.2, 0) is 6.54 Å². The zero-order valence-corrected chi connectivity index (χ0v) is 12.8. The number of para-hydroxylation sites is 1. The Hall–Kier alpha value is -2.11. The molecule has 0 saturated heterocycles. The van der Waals surface area contributed by atoms with E-state index >= 15 is 0 Å². The Kier molecular flexibility index (Phi) is 5.10. The first kappa shape index (κ1) is 15.8. The van der Waals surface area contributed by atoms with Crippen LogP contribution in [0.4, 0.5) is 4.39 Å². The van der Waals surface area contributed by atoms with Crippen LogP contribution in [0.15, 0.2) is 42.5 Å². The molecule has 1 aliphatic heterocycles. The Labute approximate surface area is 134 Å². The molecule has 2 aromatic rings. The van der Waals surface area contributed by atoms with Gasteiger partial charge in [-0.1, -0.05) is 24.3 Å². The number of ether oxygens (including phenoxy) is 2. The van der Waals surface area contributed by atoms with Crippen molar-refractivity contribution in [2.45, 2.75) is 19.1 Å². The maximum Gasteiger partial charge on any atom is 0.165 e. The molecule has 1 heterocycles. The normalized spacial score (nSPS) is 15.0. The average molecular weight is 317 g/mol. The van der Waals surface area contributed by atoms with Crippen LogP contribution in [0.2, 0.25) is 0 Å². The summed E-state index contributed by atoms with van der Waals surface area (Å²) in [5, 5.41) is 13.3. The summed E-state index contributed by atoms with van der Waals surface area (Å²) < 4.78 is 24.3. The van der Waals surface area contributed by atoms with Crippen LogP contribution in [0.5, 0.6) is 11.5 Å². The van der Waals surface area contributed by atoms with Crippen LogP contribution < -0.4 is 14.8 Å². The molecular weight excluding hydrogens is 297 g/mol. The Morgan fingerprint density at radius 2 is 1.87 bits per heavy atom. The lowest BCUT2D eigenvalue weighted by atomic mass is 10.1. The Bertz CT molecular complexity index is 645. The van der Waals surface area contributed by atoms with Crippen LogP contribution >= 0.6 is 0 Å². The smallest absolute Gasteiger partial charge is 0.165 e. The maximum atomic E-state index is 12.9. The quantitative estimate of drug-likeness (QED) is 0.890. The molecule has 5 heteroatoms. The van der Waals surface area contributed by atoms with E-state index in [0.717, 1.165) is 23.5 Å². The summed E-state index contributed by atoms with van der Waals surface area (Å²) in [7, 11) is 0. The number of fused-ring (bicyclic) bond motifs is 1. The molecule has 1 atom stereocenters. The predicted molar refractivity (Wildman–Crippen MR) is 85.1 cm³/mol. The fraction of sp³-hybridized carbons (Fsp3) is 0.333. The first-order valence-electron chi connectivity index (χ1n) is 7.76. The minimum atomic E-state index is -0.685. The lowest BCUT2D eigenvalue weighted by Crippen LogP contribution is -2.21. The molecule has 0 aromatic heterocycles. The van der Waals surface area contributed by atoms with Gasteiger partial charge in [0.05, 0.1) is 19.3 Å². The van der Waals surface area contributed by atoms with Gasteiger partial charge in [0.15, 0.2) is 11.5 Å². The van der Waals surface area contributed by atoms with Crippen LogP contribution in [0.1, 0.15) is 23.7 Å². The molecule has 0 aliphatic carbocycles. The van der Waals surface area contributed by atoms with Crippen molar-refractivity contribution in [3.8, 4) is 11.5 Å². The highest BCUT2D eigenvalue weighted by Gasteiger charge is 2.14. The van der Waals surface area contributed by atoms with Crippen LogP contribution in [0.3, 0.4) is 0 Å². The van der Waals surface area contributed by atoms with Crippen molar-refractivity contribution in [1.29, 1.82) is 0 Å². The number of aliphatic hydroxyl groups is 1. The zero-order chi connectivity index (χ0) is 16.1. The Morgan fingerprint density at radius 1 is 1.09 bits per heavy atom. The largest absolute Gasteiger partial charge is 0.490 e. The molecule has 0 spiro atoms. The summed E-state index contributed by atoms with van der Waals surface area (Å²) in [5.41, 5.74) is 1.68. The van der Waals surface area contributed by atoms with Crippen LogP contribution in [-0.4, -0.2) is 24.9 Å². The van der Waals surface area contributed by atoms with Gasteiger partial charge in [-0.2, -0.15) is 0 Å². The fourth-order valence-corrected chi connectivity index (χ4v) is 2.54. The summed E-state index contributed by atoms with van der Waals surface area (Å²) in [6, 6.07) is 11.7. The number of hydrogen-bond acceptors (Lipinski definition) is 4. The van der Waals surface area contributed by atoms with E-state index in [2.05, 4.69) is 5.32 Å². The fourth-order valence-electron chi connectivity index (χ4n) is 2.54. The van der Waals surface area contributed by atoms with Crippen molar-refractivity contribution >= 4 is 0 Å². The second kappa shape index (κ2) is 7.44. The van der Waals surface area contributed by atoms with Crippen molar-refractivity contribution in [1.82, 2.24) is 5.32 Å². The van der Waals surface area contributed by atoms with E-state index < -0.39 is 6.10 Å². The third kappa shape index (κ3) is 4.00. The van der Waals surface area contributed by atoms with E-state index in [0.29, 0.717) is 31.9 Å². The highest BCUT2D eigenvalue weighted by atomic mass is 19.1. The molecule has 4 nitrogen and oxygen atoms in total. The van der Waals surface area contributed by atoms with Crippen molar-refractivity contribution < 1.29 is 19.0 Å². The molecular formula is C18H20FNO3. The minimum Gasteiger partial charge on any atom is -0.490 e. The molecule has 122 valence electrons. The molecule has 0 unspecified atom stereocenters. The van der Waals surface area contributed by atoms with Gasteiger partial charge in [-0.05, 0) is 23.8 Å². The predicted octanol–water partition coefficient (Wildman–Crippen LogP) is 2.81. The number of hydrogen-bond donors (Lipinski definition) is 2. The van der Waals surface area contributed by atoms with E-state index in [4.69, 9.17) is 9.47 Å². The monoisotopic (exact) mass is 317 g/mol. The second-order valence-electron chi connectivity index (χ2n) is 5.49. The van der Waals surface area contributed by atoms with E-state index in [1.807, 2.05) is 18.2 Å². The topological polar surface area (TPSA) is 50.7 Å². The summed E-state index contributed by atoms with van der Waals surface area (Å²) in [6.07, 6.45) is 0.181. The van der Waals surface area contributed by atoms with E-state index in [-0.39, 0.29) is 5.82 Å². The average Bonchev–Trinajstić information content (AvgIpc) is 2.81. The van der Waals surface area contributed by atoms with E-state index in [1.165, 1.54) is 12.1 Å². The van der Waals surface area contributed by atoms with Gasteiger partial charge in [0.1, 0.15) is 5.82 Å². The first-order chi connectivity index (χ1) is 11.2. The van der Waals surface area contributed by atoms with Gasteiger partial charge in [0.25, 0.3) is 0 Å². The van der Waals surface area contributed by atoms with Gasteiger partial charge in [-0.3, -0.25) is 0 Å². The van der Waals surface area contributed by atoms with Crippen molar-refractivity contribution in [2.75, 3.05) is 19.8 Å². The van der Waals surface area contributed by atoms with Gasteiger partial charge in [0, 0.05) is 25.1 Å². The number of benzene rings is 2. The number of nitrogens with one attached hydrogen (secondary N) is 1. The van der Waals surface area contributed by atoms with Gasteiger partial charge in [-0.15, -0.1) is 0 Å². The molecule has 0 saturated carbocycles. The molecule has 0 radical (unpaired) electrons. The van der Waals surface area contributed by atoms with E-state index in [9.17, 15) is 9.50 Å². The highest BCUT2D eigenvalue weighted by Crippen LogP contribution is 2.33. The number of halogens is 1. The summed E-state index contributed by atoms with van der Waals surface area (Å²) in [6.45, 7) is 2.23. The van der Waals surface area contributed by atoms with Crippen molar-refractivity contribution in [3.63, 3.8) is 0 Å². The zero-order valence-electron chi connectivity index (χ0n) is 12.8. The number of aliphatic hydroxyl groups excluding tert-OH is 1. The third-order valence-electron chi connectivity index (χ3n) is 3.76. The summed E-state index contributed by atoms with van der Waals surface area (Å²) in [5.74, 6) is 1.23. The molecule has 3 rings (SSSR count). The molecule has 0 amide bonds. The summed E-state index contributed by atoms with van der Waals surface area (Å²) >= 11 is 0. The van der Waals surface area contributed by atoms with Crippen LogP contribution in [0.25, 0.3) is 0 Å². The lowest BCUT2D eigenvalue weighted by Gasteiger charge is -2.15. The Morgan fingerprint density at radius 3 is 2.70 bits per heavy atom. The number of rotatable bonds is 5. The van der Waals surface area contributed by atoms with Crippen molar-refractivity contribution in [2.24, 2.45) is 0 Å². The molecule has 0 bridgehead atoms. The third-order valence-corrected chi connectivity index (χ3v) is 3.76. The molecule has 0 fully saturated rings. The Balaban J connectivity index is 1.59. The molecule has 2 N–H and O–H groups in total. The highest BCUT2D eigenvalue weighted by molar-refractivity contribution is 5.47. The van der Waals surface area contributed by atoms with E-state index in [1.54, 1.807) is 12.1 Å². The summed E-state index contributed by atoms with van der Waals surface area (Å²) in [4.78, 5) is 0. The molecule has 2 aromatic carbocycles. The van der Waals surface area contributed by atoms with Crippen LogP contribution in [0, 0.1) is 5.82 Å². The second-order valence-corrected chi connectivity index (χ2v) is 5.49. The van der Waals surface area contributed by atoms with Gasteiger partial charge >= 0.3 is 0 Å². The standard InChI is InChI=1S/C18H20FNO3/c19-15-7-5-13(6-8-15)16(21)12-20-11-14-3-1-4-17-18(14)23-10-2-9-22-17/h1,3-8,16,20-21H,2,9-12H2/t16-/m1/s1. The first-order valence-corrected chi connectivity index (χ1v) is 7.76. The van der Waals surface area contributed by atoms with Gasteiger partial charge in [-0.25, -0.2) is 4.39 Å².